The number of hydrogen-bond donors (Lipinski definition) is 0. The molecule has 1 aromatic rings. The number of fused-ring (bicyclic) bond motifs is 1. The van der Waals surface area contributed by atoms with Crippen LogP contribution in [-0.4, -0.2) is 29.9 Å². The Balaban J connectivity index is 1.68. The van der Waals surface area contributed by atoms with Gasteiger partial charge in [0, 0.05) is 18.5 Å². The summed E-state index contributed by atoms with van der Waals surface area (Å²) in [6.45, 7) is 2.44. The number of hydrogen-bond acceptors (Lipinski definition) is 1. The van der Waals surface area contributed by atoms with E-state index < -0.39 is 0 Å². The van der Waals surface area contributed by atoms with Crippen LogP contribution in [0.1, 0.15) is 55.6 Å². The molecule has 0 bridgehead atoms. The van der Waals surface area contributed by atoms with Gasteiger partial charge in [0.1, 0.15) is 0 Å². The standard InChI is InChI=1S/C18H26ClN/c19-12-5-13-20(17-9-4-10-17)14-16-8-3-7-15-6-1-2-11-18(15)16/h1-2,6,11,16-17H,3-5,7-10,12-14H2. The summed E-state index contributed by atoms with van der Waals surface area (Å²) in [5.41, 5.74) is 3.21. The molecule has 0 N–H and O–H groups in total. The van der Waals surface area contributed by atoms with Crippen molar-refractivity contribution in [3.05, 3.63) is 35.4 Å². The van der Waals surface area contributed by atoms with Crippen LogP contribution in [0.4, 0.5) is 0 Å². The topological polar surface area (TPSA) is 3.24 Å². The zero-order valence-electron chi connectivity index (χ0n) is 12.4. The molecule has 2 aliphatic carbocycles. The zero-order chi connectivity index (χ0) is 13.8. The van der Waals surface area contributed by atoms with E-state index in [1.807, 2.05) is 0 Å². The lowest BCUT2D eigenvalue weighted by molar-refractivity contribution is 0.116. The first-order valence-electron chi connectivity index (χ1n) is 8.26. The van der Waals surface area contributed by atoms with Crippen LogP contribution in [0.5, 0.6) is 0 Å². The van der Waals surface area contributed by atoms with Crippen LogP contribution in [-0.2, 0) is 6.42 Å². The van der Waals surface area contributed by atoms with Gasteiger partial charge >= 0.3 is 0 Å². The molecule has 0 spiro atoms. The van der Waals surface area contributed by atoms with Gasteiger partial charge in [0.15, 0.2) is 0 Å². The highest BCUT2D eigenvalue weighted by Gasteiger charge is 2.28. The lowest BCUT2D eigenvalue weighted by Crippen LogP contribution is -2.43. The molecule has 0 aromatic heterocycles. The van der Waals surface area contributed by atoms with Gasteiger partial charge < -0.3 is 0 Å². The third-order valence-electron chi connectivity index (χ3n) is 5.12. The van der Waals surface area contributed by atoms with E-state index in [1.165, 1.54) is 51.6 Å². The molecule has 1 fully saturated rings. The fraction of sp³-hybridized carbons (Fsp3) is 0.667. The minimum absolute atomic E-state index is 0.746. The first kappa shape index (κ1) is 14.4. The highest BCUT2D eigenvalue weighted by molar-refractivity contribution is 6.17. The maximum absolute atomic E-state index is 5.91. The number of rotatable bonds is 6. The van der Waals surface area contributed by atoms with E-state index in [9.17, 15) is 0 Å². The van der Waals surface area contributed by atoms with Gasteiger partial charge in [0.25, 0.3) is 0 Å². The number of halogens is 1. The van der Waals surface area contributed by atoms with E-state index in [4.69, 9.17) is 11.6 Å². The Bertz CT molecular complexity index is 427. The Morgan fingerprint density at radius 2 is 1.95 bits per heavy atom. The van der Waals surface area contributed by atoms with Crippen LogP contribution in [0.2, 0.25) is 0 Å². The maximum atomic E-state index is 5.91. The molecular weight excluding hydrogens is 266 g/mol. The average molecular weight is 292 g/mol. The van der Waals surface area contributed by atoms with Gasteiger partial charge in [0.2, 0.25) is 0 Å². The van der Waals surface area contributed by atoms with Crippen LogP contribution in [0.25, 0.3) is 0 Å². The van der Waals surface area contributed by atoms with Crippen molar-refractivity contribution in [1.29, 1.82) is 0 Å². The van der Waals surface area contributed by atoms with Gasteiger partial charge in [-0.1, -0.05) is 30.7 Å². The molecule has 2 heteroatoms. The first-order valence-corrected chi connectivity index (χ1v) is 8.80. The average Bonchev–Trinajstić information content (AvgIpc) is 2.43. The number of benzene rings is 1. The molecule has 3 rings (SSSR count). The van der Waals surface area contributed by atoms with Crippen molar-refractivity contribution in [3.63, 3.8) is 0 Å². The van der Waals surface area contributed by atoms with Gasteiger partial charge in [-0.2, -0.15) is 0 Å². The molecule has 2 aliphatic rings. The highest BCUT2D eigenvalue weighted by atomic mass is 35.5. The Kier molecular flexibility index (Phi) is 5.01. The van der Waals surface area contributed by atoms with Crippen molar-refractivity contribution < 1.29 is 0 Å². The molecule has 1 saturated carbocycles. The summed E-state index contributed by atoms with van der Waals surface area (Å²) < 4.78 is 0. The number of alkyl halides is 1. The summed E-state index contributed by atoms with van der Waals surface area (Å²) in [6.07, 6.45) is 9.34. The normalized spacial score (nSPS) is 22.6. The molecule has 0 radical (unpaired) electrons. The predicted molar refractivity (Wildman–Crippen MR) is 86.7 cm³/mol. The molecule has 0 aliphatic heterocycles. The van der Waals surface area contributed by atoms with Crippen molar-refractivity contribution >= 4 is 11.6 Å². The SMILES string of the molecule is ClCCCN(CC1CCCc2ccccc21)C1CCC1. The van der Waals surface area contributed by atoms with Crippen LogP contribution in [0, 0.1) is 0 Å². The third kappa shape index (κ3) is 3.20. The quantitative estimate of drug-likeness (QED) is 0.693. The van der Waals surface area contributed by atoms with Crippen LogP contribution < -0.4 is 0 Å². The second-order valence-electron chi connectivity index (χ2n) is 6.41. The Morgan fingerprint density at radius 1 is 1.10 bits per heavy atom. The Labute approximate surface area is 128 Å². The van der Waals surface area contributed by atoms with Gasteiger partial charge in [-0.25, -0.2) is 0 Å². The second-order valence-corrected chi connectivity index (χ2v) is 6.79. The fourth-order valence-electron chi connectivity index (χ4n) is 3.76. The van der Waals surface area contributed by atoms with Gasteiger partial charge in [-0.3, -0.25) is 4.90 Å². The van der Waals surface area contributed by atoms with E-state index in [2.05, 4.69) is 29.2 Å². The highest BCUT2D eigenvalue weighted by Crippen LogP contribution is 2.34. The molecule has 110 valence electrons. The summed E-state index contributed by atoms with van der Waals surface area (Å²) in [5.74, 6) is 1.54. The van der Waals surface area contributed by atoms with Crippen molar-refractivity contribution in [2.45, 2.75) is 56.9 Å². The van der Waals surface area contributed by atoms with Gasteiger partial charge in [0.05, 0.1) is 0 Å². The van der Waals surface area contributed by atoms with E-state index in [-0.39, 0.29) is 0 Å². The molecule has 20 heavy (non-hydrogen) atoms. The van der Waals surface area contributed by atoms with Crippen molar-refractivity contribution in [1.82, 2.24) is 4.90 Å². The molecule has 0 heterocycles. The largest absolute Gasteiger partial charge is 0.300 e. The first-order chi connectivity index (χ1) is 9.88. The van der Waals surface area contributed by atoms with Gasteiger partial charge in [-0.05, 0) is 62.1 Å². The third-order valence-corrected chi connectivity index (χ3v) is 5.39. The summed E-state index contributed by atoms with van der Waals surface area (Å²) in [6, 6.07) is 9.93. The summed E-state index contributed by atoms with van der Waals surface area (Å²) in [7, 11) is 0. The van der Waals surface area contributed by atoms with E-state index >= 15 is 0 Å². The molecular formula is C18H26ClN. The Morgan fingerprint density at radius 3 is 2.70 bits per heavy atom. The van der Waals surface area contributed by atoms with Crippen LogP contribution >= 0.6 is 11.6 Å². The number of aryl methyl sites for hydroxylation is 1. The fourth-order valence-corrected chi connectivity index (χ4v) is 3.88. The smallest absolute Gasteiger partial charge is 0.0235 e. The van der Waals surface area contributed by atoms with E-state index in [1.54, 1.807) is 11.1 Å². The minimum Gasteiger partial charge on any atom is -0.300 e. The molecule has 1 unspecified atom stereocenters. The maximum Gasteiger partial charge on any atom is 0.0235 e. The van der Waals surface area contributed by atoms with Crippen molar-refractivity contribution in [2.75, 3.05) is 19.0 Å². The number of nitrogens with zero attached hydrogens (tertiary/aromatic N) is 1. The lowest BCUT2D eigenvalue weighted by Gasteiger charge is -2.40. The van der Waals surface area contributed by atoms with E-state index in [0.717, 1.165) is 24.3 Å². The lowest BCUT2D eigenvalue weighted by atomic mass is 9.81. The van der Waals surface area contributed by atoms with Crippen LogP contribution in [0.3, 0.4) is 0 Å². The summed E-state index contributed by atoms with van der Waals surface area (Å²) in [5, 5.41) is 0. The van der Waals surface area contributed by atoms with Crippen molar-refractivity contribution in [3.8, 4) is 0 Å². The molecule has 0 saturated heterocycles. The summed E-state index contributed by atoms with van der Waals surface area (Å²) in [4.78, 5) is 2.73. The second kappa shape index (κ2) is 6.95. The predicted octanol–water partition coefficient (Wildman–Crippen LogP) is 4.59. The molecule has 1 aromatic carbocycles. The Hall–Kier alpha value is -0.530. The monoisotopic (exact) mass is 291 g/mol. The van der Waals surface area contributed by atoms with Gasteiger partial charge in [-0.15, -0.1) is 11.6 Å². The zero-order valence-corrected chi connectivity index (χ0v) is 13.1. The molecule has 0 amide bonds. The van der Waals surface area contributed by atoms with Crippen molar-refractivity contribution in [2.24, 2.45) is 0 Å². The van der Waals surface area contributed by atoms with Crippen LogP contribution in [0.15, 0.2) is 24.3 Å². The summed E-state index contributed by atoms with van der Waals surface area (Å²) >= 11 is 5.91. The minimum atomic E-state index is 0.746. The molecule has 1 atom stereocenters. The molecule has 1 nitrogen and oxygen atoms in total. The van der Waals surface area contributed by atoms with E-state index in [0.29, 0.717) is 0 Å².